The molecule has 2 aliphatic heterocycles. The second kappa shape index (κ2) is 8.27. The van der Waals surface area contributed by atoms with Gasteiger partial charge in [-0.25, -0.2) is 0 Å². The SMILES string of the molecule is CCN(CC)CC1CCNCC1N1CCC(n2cccn2)CC1. The molecule has 5 heteroatoms. The maximum Gasteiger partial charge on any atom is 0.0543 e. The molecule has 5 nitrogen and oxygen atoms in total. The third-order valence-electron chi connectivity index (χ3n) is 5.84. The van der Waals surface area contributed by atoms with Crippen molar-refractivity contribution in [2.24, 2.45) is 5.92 Å². The molecule has 0 spiro atoms. The molecule has 0 saturated carbocycles. The summed E-state index contributed by atoms with van der Waals surface area (Å²) in [4.78, 5) is 5.35. The van der Waals surface area contributed by atoms with E-state index in [4.69, 9.17) is 0 Å². The van der Waals surface area contributed by atoms with Crippen LogP contribution < -0.4 is 5.32 Å². The Balaban J connectivity index is 1.56. The first-order valence-corrected chi connectivity index (χ1v) is 9.48. The fourth-order valence-corrected chi connectivity index (χ4v) is 4.33. The van der Waals surface area contributed by atoms with Crippen LogP contribution in [0.4, 0.5) is 0 Å². The summed E-state index contributed by atoms with van der Waals surface area (Å²) in [6.07, 6.45) is 7.80. The molecule has 0 radical (unpaired) electrons. The topological polar surface area (TPSA) is 36.3 Å². The smallest absolute Gasteiger partial charge is 0.0543 e. The van der Waals surface area contributed by atoms with Crippen LogP contribution >= 0.6 is 0 Å². The minimum Gasteiger partial charge on any atom is -0.315 e. The van der Waals surface area contributed by atoms with Crippen molar-refractivity contribution >= 4 is 0 Å². The van der Waals surface area contributed by atoms with E-state index in [0.29, 0.717) is 12.1 Å². The van der Waals surface area contributed by atoms with Crippen LogP contribution in [-0.2, 0) is 0 Å². The van der Waals surface area contributed by atoms with E-state index in [-0.39, 0.29) is 0 Å². The highest BCUT2D eigenvalue weighted by Gasteiger charge is 2.33. The molecule has 0 aliphatic carbocycles. The van der Waals surface area contributed by atoms with E-state index in [0.717, 1.165) is 5.92 Å². The molecule has 0 amide bonds. The van der Waals surface area contributed by atoms with Crippen molar-refractivity contribution in [3.05, 3.63) is 18.5 Å². The molecular formula is C18H33N5. The number of hydrogen-bond donors (Lipinski definition) is 1. The fraction of sp³-hybridized carbons (Fsp3) is 0.833. The van der Waals surface area contributed by atoms with Crippen LogP contribution in [0.25, 0.3) is 0 Å². The second-order valence-corrected chi connectivity index (χ2v) is 7.06. The lowest BCUT2D eigenvalue weighted by Crippen LogP contribution is -2.55. The Kier molecular flexibility index (Phi) is 6.08. The van der Waals surface area contributed by atoms with E-state index in [1.807, 2.05) is 12.3 Å². The number of piperidine rings is 2. The molecule has 1 aromatic rings. The van der Waals surface area contributed by atoms with Crippen LogP contribution in [0.5, 0.6) is 0 Å². The molecule has 1 aromatic heterocycles. The molecule has 23 heavy (non-hydrogen) atoms. The minimum absolute atomic E-state index is 0.596. The summed E-state index contributed by atoms with van der Waals surface area (Å²) in [5.74, 6) is 0.817. The van der Waals surface area contributed by atoms with Crippen LogP contribution in [-0.4, -0.2) is 71.4 Å². The van der Waals surface area contributed by atoms with Crippen LogP contribution in [0.15, 0.2) is 18.5 Å². The maximum atomic E-state index is 4.43. The summed E-state index contributed by atoms with van der Waals surface area (Å²) in [5, 5.41) is 8.07. The van der Waals surface area contributed by atoms with Gasteiger partial charge in [-0.05, 0) is 50.9 Å². The quantitative estimate of drug-likeness (QED) is 0.868. The normalized spacial score (nSPS) is 27.6. The largest absolute Gasteiger partial charge is 0.315 e. The van der Waals surface area contributed by atoms with Gasteiger partial charge in [-0.1, -0.05) is 13.8 Å². The molecule has 3 heterocycles. The second-order valence-electron chi connectivity index (χ2n) is 7.06. The van der Waals surface area contributed by atoms with Crippen molar-refractivity contribution in [2.45, 2.75) is 45.2 Å². The Hall–Kier alpha value is -0.910. The first kappa shape index (κ1) is 16.9. The van der Waals surface area contributed by atoms with E-state index >= 15 is 0 Å². The van der Waals surface area contributed by atoms with Crippen LogP contribution in [0.1, 0.15) is 39.2 Å². The molecule has 1 N–H and O–H groups in total. The minimum atomic E-state index is 0.596. The van der Waals surface area contributed by atoms with Gasteiger partial charge in [0.1, 0.15) is 0 Å². The predicted octanol–water partition coefficient (Wildman–Crippen LogP) is 1.84. The number of nitrogens with zero attached hydrogens (tertiary/aromatic N) is 4. The van der Waals surface area contributed by atoms with Gasteiger partial charge < -0.3 is 10.2 Å². The first-order valence-electron chi connectivity index (χ1n) is 9.48. The third-order valence-corrected chi connectivity index (χ3v) is 5.84. The van der Waals surface area contributed by atoms with Gasteiger partial charge >= 0.3 is 0 Å². The van der Waals surface area contributed by atoms with Gasteiger partial charge in [-0.3, -0.25) is 9.58 Å². The Bertz CT molecular complexity index is 434. The third kappa shape index (κ3) is 4.14. The average molecular weight is 319 g/mol. The molecule has 130 valence electrons. The number of aromatic nitrogens is 2. The van der Waals surface area contributed by atoms with Gasteiger partial charge in [-0.15, -0.1) is 0 Å². The zero-order chi connectivity index (χ0) is 16.1. The van der Waals surface area contributed by atoms with Crippen molar-refractivity contribution in [2.75, 3.05) is 45.8 Å². The summed E-state index contributed by atoms with van der Waals surface area (Å²) < 4.78 is 2.16. The number of hydrogen-bond acceptors (Lipinski definition) is 4. The molecule has 2 saturated heterocycles. The van der Waals surface area contributed by atoms with Crippen molar-refractivity contribution in [3.8, 4) is 0 Å². The highest BCUT2D eigenvalue weighted by atomic mass is 15.3. The maximum absolute atomic E-state index is 4.43. The number of nitrogens with one attached hydrogen (secondary N) is 1. The lowest BCUT2D eigenvalue weighted by molar-refractivity contribution is 0.0601. The lowest BCUT2D eigenvalue weighted by atomic mass is 9.89. The monoisotopic (exact) mass is 319 g/mol. The standard InChI is InChI=1S/C18H33N5/c1-3-21(4-2)15-16-6-10-19-14-18(16)22-12-7-17(8-13-22)23-11-5-9-20-23/h5,9,11,16-19H,3-4,6-8,10,12-15H2,1-2H3. The number of likely N-dealkylation sites (tertiary alicyclic amines) is 1. The van der Waals surface area contributed by atoms with Gasteiger partial charge in [0.2, 0.25) is 0 Å². The van der Waals surface area contributed by atoms with Gasteiger partial charge in [0.25, 0.3) is 0 Å². The van der Waals surface area contributed by atoms with Crippen molar-refractivity contribution in [3.63, 3.8) is 0 Å². The summed E-state index contributed by atoms with van der Waals surface area (Å²) in [6.45, 7) is 13.0. The van der Waals surface area contributed by atoms with E-state index in [2.05, 4.69) is 44.9 Å². The molecule has 2 aliphatic rings. The van der Waals surface area contributed by atoms with E-state index in [1.54, 1.807) is 0 Å². The van der Waals surface area contributed by atoms with E-state index in [1.165, 1.54) is 65.1 Å². The van der Waals surface area contributed by atoms with Crippen molar-refractivity contribution < 1.29 is 0 Å². The van der Waals surface area contributed by atoms with Crippen LogP contribution in [0, 0.1) is 5.92 Å². The zero-order valence-corrected chi connectivity index (χ0v) is 14.8. The van der Waals surface area contributed by atoms with Gasteiger partial charge in [0.15, 0.2) is 0 Å². The van der Waals surface area contributed by atoms with Crippen molar-refractivity contribution in [1.82, 2.24) is 24.9 Å². The molecule has 3 rings (SSSR count). The summed E-state index contributed by atoms with van der Waals surface area (Å²) in [7, 11) is 0. The molecular weight excluding hydrogens is 286 g/mol. The molecule has 2 fully saturated rings. The molecule has 2 atom stereocenters. The molecule has 0 aromatic carbocycles. The Morgan fingerprint density at radius 3 is 2.61 bits per heavy atom. The average Bonchev–Trinajstić information content (AvgIpc) is 3.15. The van der Waals surface area contributed by atoms with Crippen LogP contribution in [0.3, 0.4) is 0 Å². The van der Waals surface area contributed by atoms with E-state index in [9.17, 15) is 0 Å². The first-order chi connectivity index (χ1) is 11.3. The van der Waals surface area contributed by atoms with Gasteiger partial charge in [0, 0.05) is 44.6 Å². The predicted molar refractivity (Wildman–Crippen MR) is 94.6 cm³/mol. The van der Waals surface area contributed by atoms with Crippen LogP contribution in [0.2, 0.25) is 0 Å². The van der Waals surface area contributed by atoms with Gasteiger partial charge in [0.05, 0.1) is 6.04 Å². The lowest BCUT2D eigenvalue weighted by Gasteiger charge is -2.44. The highest BCUT2D eigenvalue weighted by Crippen LogP contribution is 2.27. The summed E-state index contributed by atoms with van der Waals surface area (Å²) in [5.41, 5.74) is 0. The van der Waals surface area contributed by atoms with Crippen molar-refractivity contribution in [1.29, 1.82) is 0 Å². The Morgan fingerprint density at radius 2 is 1.96 bits per heavy atom. The summed E-state index contributed by atoms with van der Waals surface area (Å²) >= 11 is 0. The zero-order valence-electron chi connectivity index (χ0n) is 14.8. The Labute approximate surface area is 141 Å². The summed E-state index contributed by atoms with van der Waals surface area (Å²) in [6, 6.07) is 3.35. The molecule has 0 bridgehead atoms. The van der Waals surface area contributed by atoms with Gasteiger partial charge in [-0.2, -0.15) is 5.10 Å². The molecule has 2 unspecified atom stereocenters. The Morgan fingerprint density at radius 1 is 1.17 bits per heavy atom. The number of rotatable bonds is 6. The highest BCUT2D eigenvalue weighted by molar-refractivity contribution is 4.91. The fourth-order valence-electron chi connectivity index (χ4n) is 4.33. The van der Waals surface area contributed by atoms with E-state index < -0.39 is 0 Å².